The lowest BCUT2D eigenvalue weighted by Gasteiger charge is -2.19. The summed E-state index contributed by atoms with van der Waals surface area (Å²) in [5, 5.41) is 3.42. The van der Waals surface area contributed by atoms with Gasteiger partial charge in [-0.05, 0) is 37.5 Å². The molecule has 3 heteroatoms. The summed E-state index contributed by atoms with van der Waals surface area (Å²) >= 11 is 0. The first-order chi connectivity index (χ1) is 8.33. The molecule has 0 aromatic carbocycles. The third kappa shape index (κ3) is 2.39. The molecule has 0 unspecified atom stereocenters. The quantitative estimate of drug-likeness (QED) is 0.735. The molecule has 0 aromatic heterocycles. The van der Waals surface area contributed by atoms with Gasteiger partial charge < -0.3 is 10.2 Å². The molecule has 0 spiro atoms. The van der Waals surface area contributed by atoms with Crippen molar-refractivity contribution in [1.82, 2.24) is 10.2 Å². The third-order valence-corrected chi connectivity index (χ3v) is 4.51. The zero-order valence-corrected chi connectivity index (χ0v) is 10.5. The fourth-order valence-electron chi connectivity index (χ4n) is 3.43. The van der Waals surface area contributed by atoms with Gasteiger partial charge in [0.1, 0.15) is 0 Å². The number of nitrogens with one attached hydrogen (secondary N) is 1. The lowest BCUT2D eigenvalue weighted by molar-refractivity contribution is -0.129. The molecule has 2 saturated heterocycles. The number of fused-ring (bicyclic) bond motifs is 1. The van der Waals surface area contributed by atoms with Crippen molar-refractivity contribution in [1.29, 1.82) is 0 Å². The van der Waals surface area contributed by atoms with Crippen LogP contribution in [0.3, 0.4) is 0 Å². The molecule has 3 aliphatic rings. The molecule has 1 amide bonds. The molecule has 2 heterocycles. The largest absolute Gasteiger partial charge is 0.342 e. The molecule has 0 saturated carbocycles. The first kappa shape index (κ1) is 11.3. The summed E-state index contributed by atoms with van der Waals surface area (Å²) < 4.78 is 0. The van der Waals surface area contributed by atoms with Crippen LogP contribution in [0.4, 0.5) is 0 Å². The van der Waals surface area contributed by atoms with E-state index in [1.165, 1.54) is 24.8 Å². The van der Waals surface area contributed by atoms with Crippen molar-refractivity contribution in [2.24, 2.45) is 11.8 Å². The van der Waals surface area contributed by atoms with Crippen LogP contribution in [0.1, 0.15) is 32.1 Å². The fourth-order valence-corrected chi connectivity index (χ4v) is 3.43. The van der Waals surface area contributed by atoms with Crippen molar-refractivity contribution in [2.45, 2.75) is 32.1 Å². The number of likely N-dealkylation sites (tertiary alicyclic amines) is 1. The normalized spacial score (nSPS) is 32.5. The van der Waals surface area contributed by atoms with E-state index in [2.05, 4.69) is 16.3 Å². The number of hydrogen-bond donors (Lipinski definition) is 1. The number of carbonyl (C=O) groups is 1. The van der Waals surface area contributed by atoms with Gasteiger partial charge in [-0.2, -0.15) is 0 Å². The highest BCUT2D eigenvalue weighted by molar-refractivity contribution is 5.79. The van der Waals surface area contributed by atoms with E-state index in [1.807, 2.05) is 0 Å². The van der Waals surface area contributed by atoms with Gasteiger partial charge in [0.25, 0.3) is 0 Å². The highest BCUT2D eigenvalue weighted by Gasteiger charge is 2.37. The summed E-state index contributed by atoms with van der Waals surface area (Å²) in [6.45, 7) is 4.20. The molecule has 94 valence electrons. The molecule has 2 aliphatic heterocycles. The first-order valence-electron chi connectivity index (χ1n) is 6.99. The summed E-state index contributed by atoms with van der Waals surface area (Å²) in [4.78, 5) is 14.3. The Kier molecular flexibility index (Phi) is 3.19. The SMILES string of the molecule is O=C(CC1=CCCCC1)N1C[C@H]2CNC[C@H]2C1. The second-order valence-electron chi connectivity index (χ2n) is 5.76. The lowest BCUT2D eigenvalue weighted by atomic mass is 9.97. The molecule has 1 aliphatic carbocycles. The average Bonchev–Trinajstić information content (AvgIpc) is 2.90. The van der Waals surface area contributed by atoms with E-state index in [0.717, 1.165) is 44.4 Å². The van der Waals surface area contributed by atoms with Gasteiger partial charge in [0.05, 0.1) is 0 Å². The van der Waals surface area contributed by atoms with Gasteiger partial charge >= 0.3 is 0 Å². The molecule has 1 N–H and O–H groups in total. The standard InChI is InChI=1S/C14H22N2O/c17-14(6-11-4-2-1-3-5-11)16-9-12-7-15-8-13(12)10-16/h4,12-13,15H,1-3,5-10H2/t12-,13+. The van der Waals surface area contributed by atoms with Crippen molar-refractivity contribution in [3.8, 4) is 0 Å². The highest BCUT2D eigenvalue weighted by Crippen LogP contribution is 2.28. The molecule has 3 nitrogen and oxygen atoms in total. The fraction of sp³-hybridized carbons (Fsp3) is 0.786. The number of amides is 1. The minimum Gasteiger partial charge on any atom is -0.342 e. The van der Waals surface area contributed by atoms with E-state index >= 15 is 0 Å². The molecule has 0 radical (unpaired) electrons. The van der Waals surface area contributed by atoms with E-state index in [4.69, 9.17) is 0 Å². The van der Waals surface area contributed by atoms with Crippen LogP contribution in [0, 0.1) is 11.8 Å². The smallest absolute Gasteiger partial charge is 0.226 e. The van der Waals surface area contributed by atoms with Gasteiger partial charge in [0.15, 0.2) is 0 Å². The first-order valence-corrected chi connectivity index (χ1v) is 6.99. The van der Waals surface area contributed by atoms with Crippen LogP contribution in [-0.2, 0) is 4.79 Å². The predicted octanol–water partition coefficient (Wildman–Crippen LogP) is 1.55. The Balaban J connectivity index is 1.54. The molecule has 2 atom stereocenters. The van der Waals surface area contributed by atoms with Gasteiger partial charge in [-0.15, -0.1) is 0 Å². The number of carbonyl (C=O) groups excluding carboxylic acids is 1. The van der Waals surface area contributed by atoms with Gasteiger partial charge in [-0.3, -0.25) is 4.79 Å². The van der Waals surface area contributed by atoms with Crippen LogP contribution in [0.15, 0.2) is 11.6 Å². The van der Waals surface area contributed by atoms with E-state index in [9.17, 15) is 4.79 Å². The van der Waals surface area contributed by atoms with Crippen molar-refractivity contribution in [3.63, 3.8) is 0 Å². The second kappa shape index (κ2) is 4.81. The Labute approximate surface area is 103 Å². The van der Waals surface area contributed by atoms with E-state index < -0.39 is 0 Å². The maximum absolute atomic E-state index is 12.2. The van der Waals surface area contributed by atoms with Crippen LogP contribution in [0.25, 0.3) is 0 Å². The highest BCUT2D eigenvalue weighted by atomic mass is 16.2. The Hall–Kier alpha value is -0.830. The zero-order chi connectivity index (χ0) is 11.7. The van der Waals surface area contributed by atoms with Crippen LogP contribution >= 0.6 is 0 Å². The van der Waals surface area contributed by atoms with E-state index in [-0.39, 0.29) is 0 Å². The molecule has 0 aromatic rings. The summed E-state index contributed by atoms with van der Waals surface area (Å²) in [6, 6.07) is 0. The molecule has 3 rings (SSSR count). The zero-order valence-electron chi connectivity index (χ0n) is 10.5. The maximum Gasteiger partial charge on any atom is 0.226 e. The third-order valence-electron chi connectivity index (χ3n) is 4.51. The van der Waals surface area contributed by atoms with Gasteiger partial charge in [0, 0.05) is 32.6 Å². The Bertz CT molecular complexity index is 325. The minimum atomic E-state index is 0.368. The Morgan fingerprint density at radius 3 is 2.71 bits per heavy atom. The number of nitrogens with zero attached hydrogens (tertiary/aromatic N) is 1. The number of rotatable bonds is 2. The molecule has 17 heavy (non-hydrogen) atoms. The monoisotopic (exact) mass is 234 g/mol. The minimum absolute atomic E-state index is 0.368. The average molecular weight is 234 g/mol. The summed E-state index contributed by atoms with van der Waals surface area (Å²) in [5.74, 6) is 1.81. The lowest BCUT2D eigenvalue weighted by Crippen LogP contribution is -2.32. The predicted molar refractivity (Wildman–Crippen MR) is 67.6 cm³/mol. The van der Waals surface area contributed by atoms with E-state index in [0.29, 0.717) is 12.3 Å². The van der Waals surface area contributed by atoms with Gasteiger partial charge in [-0.1, -0.05) is 11.6 Å². The van der Waals surface area contributed by atoms with Crippen LogP contribution < -0.4 is 5.32 Å². The van der Waals surface area contributed by atoms with Gasteiger partial charge in [-0.25, -0.2) is 0 Å². The van der Waals surface area contributed by atoms with Crippen molar-refractivity contribution >= 4 is 5.91 Å². The second-order valence-corrected chi connectivity index (χ2v) is 5.76. The molecular weight excluding hydrogens is 212 g/mol. The van der Waals surface area contributed by atoms with Crippen LogP contribution in [-0.4, -0.2) is 37.0 Å². The maximum atomic E-state index is 12.2. The van der Waals surface area contributed by atoms with Crippen LogP contribution in [0.5, 0.6) is 0 Å². The molecule has 2 fully saturated rings. The molecule has 0 bridgehead atoms. The van der Waals surface area contributed by atoms with Crippen molar-refractivity contribution in [2.75, 3.05) is 26.2 Å². The summed E-state index contributed by atoms with van der Waals surface area (Å²) in [7, 11) is 0. The van der Waals surface area contributed by atoms with Gasteiger partial charge in [0.2, 0.25) is 5.91 Å². The Morgan fingerprint density at radius 2 is 2.06 bits per heavy atom. The summed E-state index contributed by atoms with van der Waals surface area (Å²) in [5.41, 5.74) is 1.39. The Morgan fingerprint density at radius 1 is 1.29 bits per heavy atom. The van der Waals surface area contributed by atoms with E-state index in [1.54, 1.807) is 0 Å². The summed E-state index contributed by atoms with van der Waals surface area (Å²) in [6.07, 6.45) is 7.88. The van der Waals surface area contributed by atoms with Crippen molar-refractivity contribution < 1.29 is 4.79 Å². The number of allylic oxidation sites excluding steroid dienone is 1. The van der Waals surface area contributed by atoms with Crippen LogP contribution in [0.2, 0.25) is 0 Å². The number of hydrogen-bond acceptors (Lipinski definition) is 2. The van der Waals surface area contributed by atoms with Crippen molar-refractivity contribution in [3.05, 3.63) is 11.6 Å². The topological polar surface area (TPSA) is 32.3 Å². The molecular formula is C14H22N2O.